The molecule has 1 heterocycles. The van der Waals surface area contributed by atoms with Crippen molar-refractivity contribution >= 4 is 0 Å². The molecule has 0 aromatic carbocycles. The molecular formula is C13H26N2. The first kappa shape index (κ1) is 11.4. The molecular weight excluding hydrogens is 184 g/mol. The highest BCUT2D eigenvalue weighted by atomic mass is 15.2. The molecule has 1 saturated heterocycles. The summed E-state index contributed by atoms with van der Waals surface area (Å²) in [6.07, 6.45) is 8.67. The lowest BCUT2D eigenvalue weighted by atomic mass is 10.1. The van der Waals surface area contributed by atoms with Gasteiger partial charge in [0.15, 0.2) is 0 Å². The van der Waals surface area contributed by atoms with Gasteiger partial charge in [0.05, 0.1) is 0 Å². The van der Waals surface area contributed by atoms with E-state index in [2.05, 4.69) is 24.1 Å². The van der Waals surface area contributed by atoms with Crippen LogP contribution in [0, 0.1) is 0 Å². The zero-order valence-corrected chi connectivity index (χ0v) is 10.3. The van der Waals surface area contributed by atoms with Gasteiger partial charge in [-0.2, -0.15) is 0 Å². The Bertz CT molecular complexity index is 185. The van der Waals surface area contributed by atoms with Gasteiger partial charge in [0.1, 0.15) is 0 Å². The lowest BCUT2D eigenvalue weighted by Crippen LogP contribution is -2.44. The first-order valence-corrected chi connectivity index (χ1v) is 6.76. The average Bonchev–Trinajstić information content (AvgIpc) is 2.85. The van der Waals surface area contributed by atoms with Crippen molar-refractivity contribution < 1.29 is 0 Å². The first-order valence-electron chi connectivity index (χ1n) is 6.76. The van der Waals surface area contributed by atoms with Crippen LogP contribution in [0.25, 0.3) is 0 Å². The molecule has 1 aliphatic carbocycles. The quantitative estimate of drug-likeness (QED) is 0.766. The molecule has 88 valence electrons. The third-order valence-electron chi connectivity index (χ3n) is 3.98. The molecule has 0 aromatic heterocycles. The third kappa shape index (κ3) is 2.94. The van der Waals surface area contributed by atoms with Crippen molar-refractivity contribution in [2.24, 2.45) is 0 Å². The minimum atomic E-state index is 0.635. The first-order chi connectivity index (χ1) is 7.27. The van der Waals surface area contributed by atoms with E-state index in [0.29, 0.717) is 6.04 Å². The zero-order chi connectivity index (χ0) is 10.7. The summed E-state index contributed by atoms with van der Waals surface area (Å²) in [5, 5.41) is 3.60. The molecule has 2 nitrogen and oxygen atoms in total. The van der Waals surface area contributed by atoms with Crippen LogP contribution in [0.3, 0.4) is 0 Å². The maximum Gasteiger partial charge on any atom is 0.0224 e. The third-order valence-corrected chi connectivity index (χ3v) is 3.98. The molecule has 1 N–H and O–H groups in total. The van der Waals surface area contributed by atoms with Gasteiger partial charge in [0.2, 0.25) is 0 Å². The van der Waals surface area contributed by atoms with E-state index >= 15 is 0 Å². The van der Waals surface area contributed by atoms with Gasteiger partial charge in [0.25, 0.3) is 0 Å². The number of nitrogens with zero attached hydrogens (tertiary/aromatic N) is 1. The van der Waals surface area contributed by atoms with Crippen LogP contribution < -0.4 is 5.32 Å². The Morgan fingerprint density at radius 3 is 2.53 bits per heavy atom. The van der Waals surface area contributed by atoms with Crippen LogP contribution in [0.4, 0.5) is 0 Å². The standard InChI is InChI=1S/C13H26N2/c1-11(2)14-10-13-8-5-9-15(13)12-6-3-4-7-12/h11-14H,3-10H2,1-2H3. The van der Waals surface area contributed by atoms with Crippen molar-refractivity contribution in [2.75, 3.05) is 13.1 Å². The molecule has 2 heteroatoms. The Kier molecular flexibility index (Phi) is 4.04. The number of likely N-dealkylation sites (tertiary alicyclic amines) is 1. The fourth-order valence-corrected chi connectivity index (χ4v) is 3.17. The van der Waals surface area contributed by atoms with E-state index in [-0.39, 0.29) is 0 Å². The van der Waals surface area contributed by atoms with Gasteiger partial charge in [-0.3, -0.25) is 4.90 Å². The van der Waals surface area contributed by atoms with Crippen LogP contribution in [0.1, 0.15) is 52.4 Å². The monoisotopic (exact) mass is 210 g/mol. The molecule has 2 rings (SSSR count). The normalized spacial score (nSPS) is 29.4. The Morgan fingerprint density at radius 2 is 1.87 bits per heavy atom. The Hall–Kier alpha value is -0.0800. The molecule has 1 unspecified atom stereocenters. The highest BCUT2D eigenvalue weighted by Crippen LogP contribution is 2.29. The van der Waals surface area contributed by atoms with Gasteiger partial charge >= 0.3 is 0 Å². The molecule has 1 atom stereocenters. The molecule has 0 amide bonds. The van der Waals surface area contributed by atoms with Crippen molar-refractivity contribution in [1.29, 1.82) is 0 Å². The summed E-state index contributed by atoms with van der Waals surface area (Å²) >= 11 is 0. The minimum Gasteiger partial charge on any atom is -0.313 e. The predicted molar refractivity (Wildman–Crippen MR) is 65.1 cm³/mol. The van der Waals surface area contributed by atoms with E-state index < -0.39 is 0 Å². The molecule has 0 bridgehead atoms. The van der Waals surface area contributed by atoms with Crippen molar-refractivity contribution in [3.63, 3.8) is 0 Å². The number of rotatable bonds is 4. The van der Waals surface area contributed by atoms with Crippen LogP contribution in [-0.4, -0.2) is 36.1 Å². The van der Waals surface area contributed by atoms with Gasteiger partial charge in [0, 0.05) is 24.7 Å². The maximum absolute atomic E-state index is 3.60. The van der Waals surface area contributed by atoms with E-state index in [1.807, 2.05) is 0 Å². The fraction of sp³-hybridized carbons (Fsp3) is 1.00. The van der Waals surface area contributed by atoms with Crippen molar-refractivity contribution in [3.8, 4) is 0 Å². The molecule has 0 spiro atoms. The highest BCUT2D eigenvalue weighted by Gasteiger charge is 2.31. The van der Waals surface area contributed by atoms with Gasteiger partial charge in [-0.1, -0.05) is 26.7 Å². The zero-order valence-electron chi connectivity index (χ0n) is 10.3. The second-order valence-corrected chi connectivity index (χ2v) is 5.54. The van der Waals surface area contributed by atoms with E-state index in [9.17, 15) is 0 Å². The van der Waals surface area contributed by atoms with Crippen LogP contribution >= 0.6 is 0 Å². The summed E-state index contributed by atoms with van der Waals surface area (Å²) < 4.78 is 0. The predicted octanol–water partition coefficient (Wildman–Crippen LogP) is 2.39. The molecule has 0 radical (unpaired) electrons. The molecule has 1 saturated carbocycles. The molecule has 15 heavy (non-hydrogen) atoms. The van der Waals surface area contributed by atoms with Crippen LogP contribution in [0.2, 0.25) is 0 Å². The van der Waals surface area contributed by atoms with Gasteiger partial charge in [-0.05, 0) is 32.2 Å². The minimum absolute atomic E-state index is 0.635. The van der Waals surface area contributed by atoms with Crippen molar-refractivity contribution in [1.82, 2.24) is 10.2 Å². The SMILES string of the molecule is CC(C)NCC1CCCN1C1CCCC1. The molecule has 0 aromatic rings. The summed E-state index contributed by atoms with van der Waals surface area (Å²) in [7, 11) is 0. The van der Waals surface area contributed by atoms with Gasteiger partial charge in [-0.25, -0.2) is 0 Å². The Morgan fingerprint density at radius 1 is 1.13 bits per heavy atom. The summed E-state index contributed by atoms with van der Waals surface area (Å²) in [6, 6.07) is 2.39. The number of hydrogen-bond donors (Lipinski definition) is 1. The molecule has 2 fully saturated rings. The fourth-order valence-electron chi connectivity index (χ4n) is 3.17. The summed E-state index contributed by atoms with van der Waals surface area (Å²) in [4.78, 5) is 2.79. The summed E-state index contributed by atoms with van der Waals surface area (Å²) in [5.41, 5.74) is 0. The Labute approximate surface area is 94.4 Å². The lowest BCUT2D eigenvalue weighted by Gasteiger charge is -2.31. The largest absolute Gasteiger partial charge is 0.313 e. The van der Waals surface area contributed by atoms with E-state index in [0.717, 1.165) is 12.1 Å². The lowest BCUT2D eigenvalue weighted by molar-refractivity contribution is 0.176. The van der Waals surface area contributed by atoms with Crippen LogP contribution in [0.5, 0.6) is 0 Å². The van der Waals surface area contributed by atoms with E-state index in [1.54, 1.807) is 0 Å². The van der Waals surface area contributed by atoms with E-state index in [1.165, 1.54) is 51.6 Å². The van der Waals surface area contributed by atoms with Gasteiger partial charge < -0.3 is 5.32 Å². The second kappa shape index (κ2) is 5.31. The second-order valence-electron chi connectivity index (χ2n) is 5.54. The van der Waals surface area contributed by atoms with Crippen molar-refractivity contribution in [2.45, 2.75) is 70.5 Å². The summed E-state index contributed by atoms with van der Waals surface area (Å²) in [6.45, 7) is 7.05. The highest BCUT2D eigenvalue weighted by molar-refractivity contribution is 4.88. The molecule has 2 aliphatic rings. The van der Waals surface area contributed by atoms with E-state index in [4.69, 9.17) is 0 Å². The Balaban J connectivity index is 1.81. The van der Waals surface area contributed by atoms with Crippen molar-refractivity contribution in [3.05, 3.63) is 0 Å². The van der Waals surface area contributed by atoms with Crippen LogP contribution in [0.15, 0.2) is 0 Å². The molecule has 1 aliphatic heterocycles. The topological polar surface area (TPSA) is 15.3 Å². The number of hydrogen-bond acceptors (Lipinski definition) is 2. The number of nitrogens with one attached hydrogen (secondary N) is 1. The average molecular weight is 210 g/mol. The van der Waals surface area contributed by atoms with Crippen LogP contribution in [-0.2, 0) is 0 Å². The summed E-state index contributed by atoms with van der Waals surface area (Å²) in [5.74, 6) is 0. The smallest absolute Gasteiger partial charge is 0.0224 e. The van der Waals surface area contributed by atoms with Gasteiger partial charge in [-0.15, -0.1) is 0 Å². The maximum atomic E-state index is 3.60.